The van der Waals surface area contributed by atoms with Gasteiger partial charge in [0.15, 0.2) is 0 Å². The molecule has 0 aliphatic carbocycles. The van der Waals surface area contributed by atoms with E-state index in [1.807, 2.05) is 0 Å². The molecule has 98 valence electrons. The van der Waals surface area contributed by atoms with E-state index in [0.29, 0.717) is 16.5 Å². The molecule has 1 aliphatic rings. The summed E-state index contributed by atoms with van der Waals surface area (Å²) >= 11 is 6.01. The summed E-state index contributed by atoms with van der Waals surface area (Å²) in [5, 5.41) is 6.61. The Morgan fingerprint density at radius 3 is 3.00 bits per heavy atom. The highest BCUT2D eigenvalue weighted by atomic mass is 35.5. The minimum atomic E-state index is 0.0413. The first-order valence-electron chi connectivity index (χ1n) is 6.06. The van der Waals surface area contributed by atoms with E-state index >= 15 is 0 Å². The summed E-state index contributed by atoms with van der Waals surface area (Å²) in [6.07, 6.45) is 1.98. The standard InChI is InChI=1S/C13H17ClN2O2/c1-18-12-5-4-10(7-11(12)14)16-13(17)9-3-2-6-15-8-9/h4-5,7,9,15H,2-3,6,8H2,1H3,(H,16,17)/t9-/m1/s1. The average Bonchev–Trinajstić information content (AvgIpc) is 2.40. The van der Waals surface area contributed by atoms with Crippen molar-refractivity contribution in [1.82, 2.24) is 5.32 Å². The van der Waals surface area contributed by atoms with Gasteiger partial charge < -0.3 is 15.4 Å². The van der Waals surface area contributed by atoms with E-state index in [4.69, 9.17) is 16.3 Å². The zero-order valence-electron chi connectivity index (χ0n) is 10.3. The van der Waals surface area contributed by atoms with Crippen molar-refractivity contribution in [3.8, 4) is 5.75 Å². The zero-order valence-corrected chi connectivity index (χ0v) is 11.1. The lowest BCUT2D eigenvalue weighted by molar-refractivity contribution is -0.120. The number of hydrogen-bond donors (Lipinski definition) is 2. The van der Waals surface area contributed by atoms with Gasteiger partial charge in [0, 0.05) is 12.2 Å². The molecule has 0 unspecified atom stereocenters. The van der Waals surface area contributed by atoms with Crippen molar-refractivity contribution in [3.63, 3.8) is 0 Å². The van der Waals surface area contributed by atoms with Gasteiger partial charge >= 0.3 is 0 Å². The van der Waals surface area contributed by atoms with Crippen molar-refractivity contribution < 1.29 is 9.53 Å². The first kappa shape index (κ1) is 13.2. The zero-order chi connectivity index (χ0) is 13.0. The molecule has 0 spiro atoms. The molecule has 2 rings (SSSR count). The van der Waals surface area contributed by atoms with E-state index < -0.39 is 0 Å². The second-order valence-corrected chi connectivity index (χ2v) is 4.79. The van der Waals surface area contributed by atoms with Crippen LogP contribution < -0.4 is 15.4 Å². The van der Waals surface area contributed by atoms with E-state index in [9.17, 15) is 4.79 Å². The Labute approximate surface area is 112 Å². The topological polar surface area (TPSA) is 50.4 Å². The Balaban J connectivity index is 2.00. The number of halogens is 1. The molecule has 0 aromatic heterocycles. The highest BCUT2D eigenvalue weighted by Crippen LogP contribution is 2.27. The minimum Gasteiger partial charge on any atom is -0.495 e. The van der Waals surface area contributed by atoms with Gasteiger partial charge in [0.05, 0.1) is 18.1 Å². The van der Waals surface area contributed by atoms with E-state index in [1.165, 1.54) is 0 Å². The highest BCUT2D eigenvalue weighted by Gasteiger charge is 2.20. The van der Waals surface area contributed by atoms with Crippen LogP contribution in [0.5, 0.6) is 5.75 Å². The molecule has 2 N–H and O–H groups in total. The van der Waals surface area contributed by atoms with E-state index in [2.05, 4.69) is 10.6 Å². The van der Waals surface area contributed by atoms with Crippen molar-refractivity contribution in [2.45, 2.75) is 12.8 Å². The fourth-order valence-electron chi connectivity index (χ4n) is 2.06. The fourth-order valence-corrected chi connectivity index (χ4v) is 2.32. The second-order valence-electron chi connectivity index (χ2n) is 4.38. The molecule has 1 aliphatic heterocycles. The third kappa shape index (κ3) is 3.15. The number of anilines is 1. The van der Waals surface area contributed by atoms with E-state index in [0.717, 1.165) is 25.9 Å². The lowest BCUT2D eigenvalue weighted by Crippen LogP contribution is -2.37. The molecule has 1 atom stereocenters. The average molecular weight is 269 g/mol. The molecule has 4 nitrogen and oxygen atoms in total. The molecule has 0 bridgehead atoms. The van der Waals surface area contributed by atoms with Crippen molar-refractivity contribution in [2.24, 2.45) is 5.92 Å². The second kappa shape index (κ2) is 6.07. The Morgan fingerprint density at radius 1 is 1.56 bits per heavy atom. The monoisotopic (exact) mass is 268 g/mol. The van der Waals surface area contributed by atoms with Gasteiger partial charge in [-0.1, -0.05) is 11.6 Å². The van der Waals surface area contributed by atoms with Crippen molar-refractivity contribution in [3.05, 3.63) is 23.2 Å². The molecule has 1 heterocycles. The first-order valence-corrected chi connectivity index (χ1v) is 6.43. The van der Waals surface area contributed by atoms with E-state index in [1.54, 1.807) is 25.3 Å². The molecular weight excluding hydrogens is 252 g/mol. The molecule has 1 aromatic carbocycles. The van der Waals surface area contributed by atoms with Crippen LogP contribution in [0.4, 0.5) is 5.69 Å². The van der Waals surface area contributed by atoms with Crippen molar-refractivity contribution >= 4 is 23.2 Å². The Morgan fingerprint density at radius 2 is 2.39 bits per heavy atom. The third-order valence-corrected chi connectivity index (χ3v) is 3.38. The smallest absolute Gasteiger partial charge is 0.228 e. The van der Waals surface area contributed by atoms with Crippen molar-refractivity contribution in [2.75, 3.05) is 25.5 Å². The molecule has 5 heteroatoms. The molecule has 1 fully saturated rings. The Kier molecular flexibility index (Phi) is 4.44. The molecule has 1 amide bonds. The maximum absolute atomic E-state index is 12.0. The number of carbonyl (C=O) groups excluding carboxylic acids is 1. The van der Waals surface area contributed by atoms with Crippen LogP contribution >= 0.6 is 11.6 Å². The predicted octanol–water partition coefficient (Wildman–Crippen LogP) is 2.29. The number of ether oxygens (including phenoxy) is 1. The Hall–Kier alpha value is -1.26. The van der Waals surface area contributed by atoms with Gasteiger partial charge in [-0.2, -0.15) is 0 Å². The van der Waals surface area contributed by atoms with Crippen LogP contribution in [0.3, 0.4) is 0 Å². The van der Waals surface area contributed by atoms with Crippen LogP contribution in [0.2, 0.25) is 5.02 Å². The Bertz CT molecular complexity index is 431. The number of nitrogens with one attached hydrogen (secondary N) is 2. The summed E-state index contributed by atoms with van der Waals surface area (Å²) in [5.41, 5.74) is 0.705. The quantitative estimate of drug-likeness (QED) is 0.884. The molecule has 0 radical (unpaired) electrons. The summed E-state index contributed by atoms with van der Waals surface area (Å²) in [5.74, 6) is 0.692. The predicted molar refractivity (Wildman–Crippen MR) is 72.2 cm³/mol. The molecular formula is C13H17ClN2O2. The summed E-state index contributed by atoms with van der Waals surface area (Å²) in [6, 6.07) is 5.24. The SMILES string of the molecule is COc1ccc(NC(=O)[C@@H]2CCCNC2)cc1Cl. The number of piperidine rings is 1. The molecule has 1 saturated heterocycles. The molecule has 0 saturated carbocycles. The number of hydrogen-bond acceptors (Lipinski definition) is 3. The minimum absolute atomic E-state index is 0.0413. The maximum atomic E-state index is 12.0. The lowest BCUT2D eigenvalue weighted by atomic mass is 9.99. The first-order chi connectivity index (χ1) is 8.70. The lowest BCUT2D eigenvalue weighted by Gasteiger charge is -2.22. The van der Waals surface area contributed by atoms with Gasteiger partial charge in [-0.05, 0) is 37.6 Å². The van der Waals surface area contributed by atoms with Gasteiger partial charge in [0.25, 0.3) is 0 Å². The molecule has 18 heavy (non-hydrogen) atoms. The number of benzene rings is 1. The van der Waals surface area contributed by atoms with Crippen LogP contribution in [0.15, 0.2) is 18.2 Å². The number of rotatable bonds is 3. The van der Waals surface area contributed by atoms with Gasteiger partial charge in [0.2, 0.25) is 5.91 Å². The van der Waals surface area contributed by atoms with Gasteiger partial charge in [0.1, 0.15) is 5.75 Å². The largest absolute Gasteiger partial charge is 0.495 e. The van der Waals surface area contributed by atoms with Crippen LogP contribution in [0, 0.1) is 5.92 Å². The van der Waals surface area contributed by atoms with Crippen LogP contribution in [0.25, 0.3) is 0 Å². The van der Waals surface area contributed by atoms with Gasteiger partial charge in [-0.15, -0.1) is 0 Å². The fraction of sp³-hybridized carbons (Fsp3) is 0.462. The van der Waals surface area contributed by atoms with Crippen LogP contribution in [0.1, 0.15) is 12.8 Å². The normalized spacial score (nSPS) is 19.3. The van der Waals surface area contributed by atoms with E-state index in [-0.39, 0.29) is 11.8 Å². The van der Waals surface area contributed by atoms with Crippen LogP contribution in [-0.2, 0) is 4.79 Å². The van der Waals surface area contributed by atoms with Gasteiger partial charge in [-0.25, -0.2) is 0 Å². The highest BCUT2D eigenvalue weighted by molar-refractivity contribution is 6.32. The van der Waals surface area contributed by atoms with Crippen molar-refractivity contribution in [1.29, 1.82) is 0 Å². The maximum Gasteiger partial charge on any atom is 0.228 e. The van der Waals surface area contributed by atoms with Crippen LogP contribution in [-0.4, -0.2) is 26.1 Å². The summed E-state index contributed by atoms with van der Waals surface area (Å²) < 4.78 is 5.07. The third-order valence-electron chi connectivity index (χ3n) is 3.09. The summed E-state index contributed by atoms with van der Waals surface area (Å²) in [7, 11) is 1.56. The number of methoxy groups -OCH3 is 1. The number of carbonyl (C=O) groups is 1. The summed E-state index contributed by atoms with van der Waals surface area (Å²) in [4.78, 5) is 12.0. The molecule has 1 aromatic rings. The van der Waals surface area contributed by atoms with Gasteiger partial charge in [-0.3, -0.25) is 4.79 Å². The summed E-state index contributed by atoms with van der Waals surface area (Å²) in [6.45, 7) is 1.74. The number of amides is 1.